The number of alkyl halides is 3. The van der Waals surface area contributed by atoms with Crippen molar-refractivity contribution in [2.45, 2.75) is 57.7 Å². The number of halogens is 3. The highest BCUT2D eigenvalue weighted by Crippen LogP contribution is 2.18. The maximum atomic E-state index is 12.4. The van der Waals surface area contributed by atoms with Gasteiger partial charge in [-0.25, -0.2) is 0 Å². The molecule has 1 heterocycles. The van der Waals surface area contributed by atoms with E-state index in [4.69, 9.17) is 0 Å². The van der Waals surface area contributed by atoms with Crippen molar-refractivity contribution in [3.8, 4) is 0 Å². The number of hydrogen-bond acceptors (Lipinski definition) is 2. The van der Waals surface area contributed by atoms with Gasteiger partial charge in [0.05, 0.1) is 0 Å². The van der Waals surface area contributed by atoms with Crippen molar-refractivity contribution >= 4 is 5.91 Å². The van der Waals surface area contributed by atoms with Crippen molar-refractivity contribution in [3.05, 3.63) is 0 Å². The van der Waals surface area contributed by atoms with Gasteiger partial charge in [0.15, 0.2) is 0 Å². The summed E-state index contributed by atoms with van der Waals surface area (Å²) in [6.45, 7) is 1.77. The van der Waals surface area contributed by atoms with Gasteiger partial charge >= 0.3 is 6.18 Å². The first kappa shape index (κ1) is 16.3. The maximum Gasteiger partial charge on any atom is 0.406 e. The first-order valence-corrected chi connectivity index (χ1v) is 7.00. The molecule has 1 fully saturated rings. The molecule has 0 aromatic carbocycles. The normalized spacial score (nSPS) is 20.3. The van der Waals surface area contributed by atoms with Crippen LogP contribution in [0.2, 0.25) is 0 Å². The SMILES string of the molecule is CCCN(CC(F)(F)F)C(=O)CCC1CCCCN1. The Kier molecular flexibility index (Phi) is 6.62. The molecule has 1 amide bonds. The molecule has 1 atom stereocenters. The third-order valence-electron chi connectivity index (χ3n) is 3.34. The third-order valence-corrected chi connectivity index (χ3v) is 3.34. The lowest BCUT2D eigenvalue weighted by molar-refractivity contribution is -0.161. The second-order valence-corrected chi connectivity index (χ2v) is 5.12. The topological polar surface area (TPSA) is 32.3 Å². The van der Waals surface area contributed by atoms with Crippen molar-refractivity contribution in [1.82, 2.24) is 10.2 Å². The van der Waals surface area contributed by atoms with Crippen LogP contribution >= 0.6 is 0 Å². The van der Waals surface area contributed by atoms with E-state index in [9.17, 15) is 18.0 Å². The minimum atomic E-state index is -4.31. The second-order valence-electron chi connectivity index (χ2n) is 5.12. The summed E-state index contributed by atoms with van der Waals surface area (Å²) in [5, 5.41) is 3.30. The molecule has 0 spiro atoms. The molecule has 1 aliphatic heterocycles. The van der Waals surface area contributed by atoms with Crippen LogP contribution in [0.4, 0.5) is 13.2 Å². The van der Waals surface area contributed by atoms with Crippen molar-refractivity contribution < 1.29 is 18.0 Å². The number of hydrogen-bond donors (Lipinski definition) is 1. The Morgan fingerprint density at radius 2 is 2.11 bits per heavy atom. The van der Waals surface area contributed by atoms with Crippen LogP contribution in [0.1, 0.15) is 45.4 Å². The summed E-state index contributed by atoms with van der Waals surface area (Å²) in [6, 6.07) is 0.284. The Balaban J connectivity index is 2.38. The molecule has 1 N–H and O–H groups in total. The number of carbonyl (C=O) groups is 1. The molecular weight excluding hydrogens is 257 g/mol. The van der Waals surface area contributed by atoms with Crippen LogP contribution in [0, 0.1) is 0 Å². The summed E-state index contributed by atoms with van der Waals surface area (Å²) in [7, 11) is 0. The van der Waals surface area contributed by atoms with E-state index in [-0.39, 0.29) is 24.9 Å². The van der Waals surface area contributed by atoms with Gasteiger partial charge in [-0.15, -0.1) is 0 Å². The minimum Gasteiger partial charge on any atom is -0.334 e. The van der Waals surface area contributed by atoms with Crippen LogP contribution < -0.4 is 5.32 Å². The van der Waals surface area contributed by atoms with E-state index in [1.54, 1.807) is 6.92 Å². The zero-order valence-electron chi connectivity index (χ0n) is 11.4. The summed E-state index contributed by atoms with van der Waals surface area (Å²) in [6.07, 6.45) is 0.357. The van der Waals surface area contributed by atoms with E-state index >= 15 is 0 Å². The van der Waals surface area contributed by atoms with Gasteiger partial charge in [0.25, 0.3) is 0 Å². The van der Waals surface area contributed by atoms with E-state index < -0.39 is 12.7 Å². The Labute approximate surface area is 112 Å². The molecule has 3 nitrogen and oxygen atoms in total. The van der Waals surface area contributed by atoms with Crippen LogP contribution in [0.25, 0.3) is 0 Å². The molecule has 19 heavy (non-hydrogen) atoms. The zero-order valence-corrected chi connectivity index (χ0v) is 11.4. The van der Waals surface area contributed by atoms with Gasteiger partial charge < -0.3 is 10.2 Å². The van der Waals surface area contributed by atoms with E-state index in [2.05, 4.69) is 5.32 Å². The van der Waals surface area contributed by atoms with Crippen molar-refractivity contribution in [2.24, 2.45) is 0 Å². The second kappa shape index (κ2) is 7.72. The summed E-state index contributed by atoms with van der Waals surface area (Å²) in [5.41, 5.74) is 0. The lowest BCUT2D eigenvalue weighted by Gasteiger charge is -2.26. The Hall–Kier alpha value is -0.780. The van der Waals surface area contributed by atoms with Crippen molar-refractivity contribution in [3.63, 3.8) is 0 Å². The van der Waals surface area contributed by atoms with Crippen LogP contribution in [0.5, 0.6) is 0 Å². The molecular formula is C13H23F3N2O. The number of nitrogens with one attached hydrogen (secondary N) is 1. The standard InChI is InChI=1S/C13H23F3N2O/c1-2-9-18(10-13(14,15)16)12(19)7-6-11-5-3-4-8-17-11/h11,17H,2-10H2,1H3. The molecule has 112 valence electrons. The van der Waals surface area contributed by atoms with Crippen LogP contribution in [-0.4, -0.2) is 42.7 Å². The molecule has 0 aromatic rings. The Morgan fingerprint density at radius 3 is 2.63 bits per heavy atom. The number of nitrogens with zero attached hydrogens (tertiary/aromatic N) is 1. The van der Waals surface area contributed by atoms with Gasteiger partial charge in [0.1, 0.15) is 6.54 Å². The van der Waals surface area contributed by atoms with Crippen LogP contribution in [-0.2, 0) is 4.79 Å². The van der Waals surface area contributed by atoms with Crippen LogP contribution in [0.15, 0.2) is 0 Å². The molecule has 0 radical (unpaired) electrons. The van der Waals surface area contributed by atoms with Gasteiger partial charge in [-0.1, -0.05) is 13.3 Å². The summed E-state index contributed by atoms with van der Waals surface area (Å²) >= 11 is 0. The average molecular weight is 280 g/mol. The Morgan fingerprint density at radius 1 is 1.37 bits per heavy atom. The van der Waals surface area contributed by atoms with Crippen molar-refractivity contribution in [1.29, 1.82) is 0 Å². The zero-order chi connectivity index (χ0) is 14.3. The fraction of sp³-hybridized carbons (Fsp3) is 0.923. The van der Waals surface area contributed by atoms with Gasteiger partial charge in [0, 0.05) is 19.0 Å². The van der Waals surface area contributed by atoms with E-state index in [1.807, 2.05) is 0 Å². The number of rotatable bonds is 6. The van der Waals surface area contributed by atoms with Gasteiger partial charge in [0.2, 0.25) is 5.91 Å². The molecule has 0 saturated carbocycles. The summed E-state index contributed by atoms with van der Waals surface area (Å²) in [4.78, 5) is 12.8. The van der Waals surface area contributed by atoms with Gasteiger partial charge in [-0.2, -0.15) is 13.2 Å². The predicted octanol–water partition coefficient (Wildman–Crippen LogP) is 2.71. The molecule has 6 heteroatoms. The quantitative estimate of drug-likeness (QED) is 0.811. The molecule has 0 aliphatic carbocycles. The molecule has 0 bridgehead atoms. The Bertz CT molecular complexity index is 276. The fourth-order valence-corrected chi connectivity index (χ4v) is 2.40. The molecule has 1 rings (SSSR count). The van der Waals surface area contributed by atoms with E-state index in [0.29, 0.717) is 12.8 Å². The lowest BCUT2D eigenvalue weighted by Crippen LogP contribution is -2.40. The first-order valence-electron chi connectivity index (χ1n) is 7.00. The lowest BCUT2D eigenvalue weighted by atomic mass is 10.0. The number of piperidine rings is 1. The summed E-state index contributed by atoms with van der Waals surface area (Å²) < 4.78 is 37.1. The highest BCUT2D eigenvalue weighted by atomic mass is 19.4. The molecule has 1 saturated heterocycles. The van der Waals surface area contributed by atoms with Crippen LogP contribution in [0.3, 0.4) is 0 Å². The first-order chi connectivity index (χ1) is 8.92. The van der Waals surface area contributed by atoms with E-state index in [0.717, 1.165) is 30.7 Å². The van der Waals surface area contributed by atoms with Gasteiger partial charge in [-0.05, 0) is 32.2 Å². The maximum absolute atomic E-state index is 12.4. The molecule has 1 aliphatic rings. The highest BCUT2D eigenvalue weighted by Gasteiger charge is 2.32. The van der Waals surface area contributed by atoms with Crippen molar-refractivity contribution in [2.75, 3.05) is 19.6 Å². The monoisotopic (exact) mass is 280 g/mol. The van der Waals surface area contributed by atoms with E-state index in [1.165, 1.54) is 0 Å². The minimum absolute atomic E-state index is 0.177. The predicted molar refractivity (Wildman–Crippen MR) is 67.8 cm³/mol. The summed E-state index contributed by atoms with van der Waals surface area (Å²) in [5.74, 6) is -0.383. The third kappa shape index (κ3) is 6.80. The van der Waals surface area contributed by atoms with Gasteiger partial charge in [-0.3, -0.25) is 4.79 Å². The molecule has 1 unspecified atom stereocenters. The largest absolute Gasteiger partial charge is 0.406 e. The number of amides is 1. The molecule has 0 aromatic heterocycles. The average Bonchev–Trinajstić information content (AvgIpc) is 2.35. The fourth-order valence-electron chi connectivity index (χ4n) is 2.40. The smallest absolute Gasteiger partial charge is 0.334 e. The highest BCUT2D eigenvalue weighted by molar-refractivity contribution is 5.76. The number of carbonyl (C=O) groups excluding carboxylic acids is 1.